The number of unbranched alkanes of at least 4 members (excludes halogenated alkanes) is 51. The van der Waals surface area contributed by atoms with Gasteiger partial charge >= 0.3 is 17.9 Å². The van der Waals surface area contributed by atoms with E-state index in [9.17, 15) is 14.4 Å². The molecule has 476 valence electrons. The third-order valence-corrected chi connectivity index (χ3v) is 16.6. The van der Waals surface area contributed by atoms with Gasteiger partial charge < -0.3 is 14.2 Å². The molecule has 0 aromatic heterocycles. The number of ether oxygens (including phenoxy) is 3. The number of rotatable bonds is 68. The highest BCUT2D eigenvalue weighted by Crippen LogP contribution is 2.19. The van der Waals surface area contributed by atoms with Gasteiger partial charge in [-0.2, -0.15) is 0 Å². The number of hydrogen-bond donors (Lipinski definition) is 0. The minimum absolute atomic E-state index is 0.0659. The van der Waals surface area contributed by atoms with Crippen molar-refractivity contribution in [2.75, 3.05) is 13.2 Å². The molecule has 0 aromatic carbocycles. The number of allylic oxidation sites excluding steroid dienone is 6. The van der Waals surface area contributed by atoms with Gasteiger partial charge in [0, 0.05) is 19.3 Å². The summed E-state index contributed by atoms with van der Waals surface area (Å²) in [5.41, 5.74) is 0. The van der Waals surface area contributed by atoms with Gasteiger partial charge in [0.25, 0.3) is 0 Å². The molecule has 0 radical (unpaired) electrons. The summed E-state index contributed by atoms with van der Waals surface area (Å²) < 4.78 is 17.0. The van der Waals surface area contributed by atoms with Crippen LogP contribution in [0.2, 0.25) is 0 Å². The fraction of sp³-hybridized carbons (Fsp3) is 0.880. The Hall–Kier alpha value is -2.37. The number of carbonyl (C=O) groups excluding carboxylic acids is 3. The van der Waals surface area contributed by atoms with Crippen LogP contribution in [0.4, 0.5) is 0 Å². The van der Waals surface area contributed by atoms with Gasteiger partial charge in [-0.25, -0.2) is 0 Å². The first-order chi connectivity index (χ1) is 40.0. The molecular formula is C75H140O6. The number of hydrogen-bond acceptors (Lipinski definition) is 6. The minimum atomic E-state index is -0.768. The van der Waals surface area contributed by atoms with Crippen LogP contribution in [0, 0.1) is 0 Å². The van der Waals surface area contributed by atoms with E-state index in [0.29, 0.717) is 19.3 Å². The molecule has 6 nitrogen and oxygen atoms in total. The summed E-state index contributed by atoms with van der Waals surface area (Å²) in [5.74, 6) is -0.839. The van der Waals surface area contributed by atoms with Crippen molar-refractivity contribution >= 4 is 17.9 Å². The Kier molecular flexibility index (Phi) is 68.1. The lowest BCUT2D eigenvalue weighted by Crippen LogP contribution is -2.30. The summed E-state index contributed by atoms with van der Waals surface area (Å²) in [4.78, 5) is 38.3. The van der Waals surface area contributed by atoms with E-state index < -0.39 is 6.10 Å². The second kappa shape index (κ2) is 70.1. The molecule has 0 N–H and O–H groups in total. The van der Waals surface area contributed by atoms with Crippen LogP contribution in [0.3, 0.4) is 0 Å². The third kappa shape index (κ3) is 68.3. The second-order valence-corrected chi connectivity index (χ2v) is 24.9. The van der Waals surface area contributed by atoms with E-state index in [0.717, 1.165) is 70.6 Å². The van der Waals surface area contributed by atoms with E-state index in [1.165, 1.54) is 295 Å². The first-order valence-corrected chi connectivity index (χ1v) is 36.5. The predicted octanol–water partition coefficient (Wildman–Crippen LogP) is 25.1. The fourth-order valence-electron chi connectivity index (χ4n) is 11.2. The van der Waals surface area contributed by atoms with Crippen molar-refractivity contribution in [1.82, 2.24) is 0 Å². The quantitative estimate of drug-likeness (QED) is 0.0261. The Bertz CT molecular complexity index is 1350. The van der Waals surface area contributed by atoms with Crippen molar-refractivity contribution in [2.45, 2.75) is 412 Å². The largest absolute Gasteiger partial charge is 0.462 e. The number of carbonyl (C=O) groups is 3. The van der Waals surface area contributed by atoms with Gasteiger partial charge in [-0.15, -0.1) is 0 Å². The minimum Gasteiger partial charge on any atom is -0.462 e. The summed E-state index contributed by atoms with van der Waals surface area (Å²) in [6, 6.07) is 0. The van der Waals surface area contributed by atoms with Crippen molar-refractivity contribution in [1.29, 1.82) is 0 Å². The molecular weight excluding hydrogens is 997 g/mol. The maximum absolute atomic E-state index is 12.9. The highest BCUT2D eigenvalue weighted by molar-refractivity contribution is 5.71. The van der Waals surface area contributed by atoms with Gasteiger partial charge in [-0.1, -0.05) is 365 Å². The zero-order valence-electron chi connectivity index (χ0n) is 54.8. The molecule has 0 rings (SSSR count). The Balaban J connectivity index is 4.09. The van der Waals surface area contributed by atoms with E-state index in [1.807, 2.05) is 0 Å². The molecule has 81 heavy (non-hydrogen) atoms. The summed E-state index contributed by atoms with van der Waals surface area (Å²) in [5, 5.41) is 0. The van der Waals surface area contributed by atoms with Crippen LogP contribution in [0.1, 0.15) is 406 Å². The van der Waals surface area contributed by atoms with Crippen molar-refractivity contribution in [2.24, 2.45) is 0 Å². The Morgan fingerprint density at radius 1 is 0.247 bits per heavy atom. The average Bonchev–Trinajstić information content (AvgIpc) is 3.47. The molecule has 0 aromatic rings. The van der Waals surface area contributed by atoms with Gasteiger partial charge in [0.05, 0.1) is 0 Å². The second-order valence-electron chi connectivity index (χ2n) is 24.9. The standard InChI is InChI=1S/C75H140O6/c1-4-7-10-13-16-19-21-23-25-27-29-31-33-35-36-37-38-40-41-43-45-47-49-51-53-56-59-62-65-68-74(77)80-71-72(70-79-73(76)67-64-61-58-55-18-15-12-9-6-3)81-75(78)69-66-63-60-57-54-52-50-48-46-44-42-39-34-32-30-28-26-24-22-20-17-14-11-8-5-2/h21,23,27,29,33,35,72H,4-20,22,24-26,28,30-32,34,36-71H2,1-3H3/b23-21-,29-27-,35-33-. The number of esters is 3. The molecule has 1 unspecified atom stereocenters. The molecule has 1 atom stereocenters. The molecule has 0 aliphatic carbocycles. The summed E-state index contributed by atoms with van der Waals surface area (Å²) in [7, 11) is 0. The van der Waals surface area contributed by atoms with E-state index in [4.69, 9.17) is 14.2 Å². The molecule has 0 heterocycles. The molecule has 0 saturated carbocycles. The Morgan fingerprint density at radius 2 is 0.444 bits per heavy atom. The van der Waals surface area contributed by atoms with E-state index >= 15 is 0 Å². The normalized spacial score (nSPS) is 12.2. The summed E-state index contributed by atoms with van der Waals surface area (Å²) >= 11 is 0. The molecule has 0 fully saturated rings. The van der Waals surface area contributed by atoms with Crippen LogP contribution in [0.25, 0.3) is 0 Å². The lowest BCUT2D eigenvalue weighted by atomic mass is 10.0. The molecule has 0 aliphatic rings. The maximum Gasteiger partial charge on any atom is 0.306 e. The molecule has 0 bridgehead atoms. The van der Waals surface area contributed by atoms with Crippen LogP contribution >= 0.6 is 0 Å². The molecule has 0 saturated heterocycles. The van der Waals surface area contributed by atoms with Gasteiger partial charge in [0.1, 0.15) is 13.2 Å². The van der Waals surface area contributed by atoms with Crippen molar-refractivity contribution in [3.05, 3.63) is 36.5 Å². The van der Waals surface area contributed by atoms with Crippen molar-refractivity contribution in [3.8, 4) is 0 Å². The highest BCUT2D eigenvalue weighted by atomic mass is 16.6. The average molecular weight is 1140 g/mol. The lowest BCUT2D eigenvalue weighted by molar-refractivity contribution is -0.167. The molecule has 6 heteroatoms. The van der Waals surface area contributed by atoms with Gasteiger partial charge in [0.2, 0.25) is 0 Å². The summed E-state index contributed by atoms with van der Waals surface area (Å²) in [6.07, 6.45) is 87.7. The highest BCUT2D eigenvalue weighted by Gasteiger charge is 2.19. The fourth-order valence-corrected chi connectivity index (χ4v) is 11.2. The topological polar surface area (TPSA) is 78.9 Å². The first-order valence-electron chi connectivity index (χ1n) is 36.5. The van der Waals surface area contributed by atoms with Gasteiger partial charge in [-0.05, 0) is 57.8 Å². The van der Waals surface area contributed by atoms with E-state index in [2.05, 4.69) is 57.2 Å². The van der Waals surface area contributed by atoms with Gasteiger partial charge in [-0.3, -0.25) is 14.4 Å². The van der Waals surface area contributed by atoms with Crippen molar-refractivity contribution in [3.63, 3.8) is 0 Å². The van der Waals surface area contributed by atoms with Crippen LogP contribution < -0.4 is 0 Å². The molecule has 0 aliphatic heterocycles. The zero-order chi connectivity index (χ0) is 58.5. The Morgan fingerprint density at radius 3 is 0.691 bits per heavy atom. The lowest BCUT2D eigenvalue weighted by Gasteiger charge is -2.18. The zero-order valence-corrected chi connectivity index (χ0v) is 54.8. The van der Waals surface area contributed by atoms with Crippen LogP contribution in [-0.4, -0.2) is 37.2 Å². The van der Waals surface area contributed by atoms with E-state index in [-0.39, 0.29) is 31.1 Å². The van der Waals surface area contributed by atoms with Crippen molar-refractivity contribution < 1.29 is 28.6 Å². The van der Waals surface area contributed by atoms with Crippen LogP contribution in [0.5, 0.6) is 0 Å². The monoisotopic (exact) mass is 1140 g/mol. The smallest absolute Gasteiger partial charge is 0.306 e. The molecule has 0 amide bonds. The maximum atomic E-state index is 12.9. The SMILES string of the molecule is CCCCCCC/C=C\C/C=C\C/C=C\CCCCCCCCCCCCCCCCC(=O)OCC(COC(=O)CCCCCCCCCCC)OC(=O)CCCCCCCCCCCCCCCCCCCCCCCCCCC. The Labute approximate surface area is 506 Å². The van der Waals surface area contributed by atoms with Crippen LogP contribution in [0.15, 0.2) is 36.5 Å². The third-order valence-electron chi connectivity index (χ3n) is 16.6. The first kappa shape index (κ1) is 78.6. The van der Waals surface area contributed by atoms with E-state index in [1.54, 1.807) is 0 Å². The molecule has 0 spiro atoms. The summed E-state index contributed by atoms with van der Waals surface area (Å²) in [6.45, 7) is 6.68. The predicted molar refractivity (Wildman–Crippen MR) is 353 cm³/mol. The van der Waals surface area contributed by atoms with Gasteiger partial charge in [0.15, 0.2) is 6.10 Å². The van der Waals surface area contributed by atoms with Crippen LogP contribution in [-0.2, 0) is 28.6 Å².